The van der Waals surface area contributed by atoms with E-state index in [-0.39, 0.29) is 11.9 Å². The third-order valence-electron chi connectivity index (χ3n) is 3.40. The summed E-state index contributed by atoms with van der Waals surface area (Å²) in [6, 6.07) is 4.27. The van der Waals surface area contributed by atoms with Crippen LogP contribution in [0.3, 0.4) is 0 Å². The zero-order valence-electron chi connectivity index (χ0n) is 10.7. The van der Waals surface area contributed by atoms with Gasteiger partial charge < -0.3 is 10.2 Å². The first-order valence-corrected chi connectivity index (χ1v) is 6.06. The van der Waals surface area contributed by atoms with Gasteiger partial charge in [0.25, 0.3) is 0 Å². The highest BCUT2D eigenvalue weighted by molar-refractivity contribution is 5.74. The topological polar surface area (TPSA) is 45.2 Å². The summed E-state index contributed by atoms with van der Waals surface area (Å²) in [5.41, 5.74) is 2.19. The number of carbonyl (C=O) groups excluding carboxylic acids is 1. The molecule has 0 spiro atoms. The maximum atomic E-state index is 11.6. The molecule has 1 aromatic rings. The molecule has 1 atom stereocenters. The Hall–Kier alpha value is -1.58. The molecule has 0 radical (unpaired) electrons. The van der Waals surface area contributed by atoms with Crippen LogP contribution in [-0.2, 0) is 4.79 Å². The molecule has 1 aliphatic rings. The van der Waals surface area contributed by atoms with Gasteiger partial charge in [-0.05, 0) is 31.4 Å². The maximum absolute atomic E-state index is 11.6. The third kappa shape index (κ3) is 2.25. The zero-order valence-corrected chi connectivity index (χ0v) is 10.7. The van der Waals surface area contributed by atoms with Gasteiger partial charge in [0, 0.05) is 26.2 Å². The number of aromatic nitrogens is 1. The van der Waals surface area contributed by atoms with E-state index in [1.54, 1.807) is 6.92 Å². The van der Waals surface area contributed by atoms with Crippen LogP contribution in [-0.4, -0.2) is 29.4 Å². The first kappa shape index (κ1) is 11.9. The summed E-state index contributed by atoms with van der Waals surface area (Å²) in [4.78, 5) is 18.0. The van der Waals surface area contributed by atoms with Gasteiger partial charge in [-0.25, -0.2) is 4.98 Å². The Morgan fingerprint density at radius 2 is 2.29 bits per heavy atom. The van der Waals surface area contributed by atoms with Gasteiger partial charge in [-0.15, -0.1) is 0 Å². The molecule has 4 nitrogen and oxygen atoms in total. The summed E-state index contributed by atoms with van der Waals surface area (Å²) in [7, 11) is 1.86. The van der Waals surface area contributed by atoms with Crippen LogP contribution < -0.4 is 5.32 Å². The van der Waals surface area contributed by atoms with E-state index in [1.165, 1.54) is 5.56 Å². The largest absolute Gasteiger partial charge is 0.373 e. The number of carbonyl (C=O) groups is 1. The van der Waals surface area contributed by atoms with E-state index in [4.69, 9.17) is 0 Å². The average molecular weight is 233 g/mol. The molecular formula is C13H19N3O. The van der Waals surface area contributed by atoms with Crippen molar-refractivity contribution in [3.63, 3.8) is 0 Å². The fourth-order valence-electron chi connectivity index (χ4n) is 2.53. The SMILES string of the molecule is CNc1ccc([C@@H]2CCCN2C(C)=O)c(C)n1. The first-order valence-electron chi connectivity index (χ1n) is 6.06. The van der Waals surface area contributed by atoms with Crippen LogP contribution in [0.15, 0.2) is 12.1 Å². The monoisotopic (exact) mass is 233 g/mol. The molecule has 4 heteroatoms. The van der Waals surface area contributed by atoms with Crippen molar-refractivity contribution in [2.75, 3.05) is 18.9 Å². The van der Waals surface area contributed by atoms with E-state index in [9.17, 15) is 4.79 Å². The van der Waals surface area contributed by atoms with Gasteiger partial charge in [0.05, 0.1) is 6.04 Å². The van der Waals surface area contributed by atoms with Crippen LogP contribution in [0.2, 0.25) is 0 Å². The maximum Gasteiger partial charge on any atom is 0.219 e. The number of anilines is 1. The van der Waals surface area contributed by atoms with Crippen molar-refractivity contribution in [1.82, 2.24) is 9.88 Å². The Labute approximate surface area is 102 Å². The van der Waals surface area contributed by atoms with Crippen LogP contribution >= 0.6 is 0 Å². The quantitative estimate of drug-likeness (QED) is 0.851. The molecule has 0 bridgehead atoms. The van der Waals surface area contributed by atoms with E-state index in [2.05, 4.69) is 16.4 Å². The minimum absolute atomic E-state index is 0.157. The normalized spacial score (nSPS) is 19.5. The lowest BCUT2D eigenvalue weighted by molar-refractivity contribution is -0.129. The van der Waals surface area contributed by atoms with Gasteiger partial charge in [-0.3, -0.25) is 4.79 Å². The molecule has 0 saturated carbocycles. The number of amides is 1. The summed E-state index contributed by atoms with van der Waals surface area (Å²) in [6.45, 7) is 4.52. The number of likely N-dealkylation sites (tertiary alicyclic amines) is 1. The molecule has 1 aromatic heterocycles. The van der Waals surface area contributed by atoms with Crippen molar-refractivity contribution in [3.8, 4) is 0 Å². The summed E-state index contributed by atoms with van der Waals surface area (Å²) in [5.74, 6) is 1.03. The predicted octanol–water partition coefficient (Wildman–Crippen LogP) is 2.12. The van der Waals surface area contributed by atoms with Gasteiger partial charge >= 0.3 is 0 Å². The predicted molar refractivity (Wildman–Crippen MR) is 67.9 cm³/mol. The fourth-order valence-corrected chi connectivity index (χ4v) is 2.53. The number of nitrogens with one attached hydrogen (secondary N) is 1. The lowest BCUT2D eigenvalue weighted by Gasteiger charge is -2.24. The van der Waals surface area contributed by atoms with E-state index < -0.39 is 0 Å². The minimum atomic E-state index is 0.157. The van der Waals surface area contributed by atoms with Crippen molar-refractivity contribution in [1.29, 1.82) is 0 Å². The summed E-state index contributed by atoms with van der Waals surface area (Å²) in [6.07, 6.45) is 2.12. The van der Waals surface area contributed by atoms with Gasteiger partial charge in [-0.1, -0.05) is 6.07 Å². The number of hydrogen-bond donors (Lipinski definition) is 1. The van der Waals surface area contributed by atoms with Crippen LogP contribution in [0, 0.1) is 6.92 Å². The van der Waals surface area contributed by atoms with Gasteiger partial charge in [0.15, 0.2) is 0 Å². The summed E-state index contributed by atoms with van der Waals surface area (Å²) >= 11 is 0. The molecule has 0 aromatic carbocycles. The van der Waals surface area contributed by atoms with E-state index in [1.807, 2.05) is 24.9 Å². The van der Waals surface area contributed by atoms with Crippen LogP contribution in [0.4, 0.5) is 5.82 Å². The molecule has 1 amide bonds. The summed E-state index contributed by atoms with van der Waals surface area (Å²) in [5, 5.41) is 3.03. The zero-order chi connectivity index (χ0) is 12.4. The Morgan fingerprint density at radius 3 is 2.88 bits per heavy atom. The van der Waals surface area contributed by atoms with Crippen LogP contribution in [0.5, 0.6) is 0 Å². The van der Waals surface area contributed by atoms with Gasteiger partial charge in [0.1, 0.15) is 5.82 Å². The molecule has 17 heavy (non-hydrogen) atoms. The molecule has 92 valence electrons. The molecule has 1 fully saturated rings. The van der Waals surface area contributed by atoms with E-state index in [0.717, 1.165) is 30.9 Å². The highest BCUT2D eigenvalue weighted by Crippen LogP contribution is 2.33. The number of pyridine rings is 1. The second-order valence-electron chi connectivity index (χ2n) is 4.49. The van der Waals surface area contributed by atoms with E-state index >= 15 is 0 Å². The lowest BCUT2D eigenvalue weighted by Crippen LogP contribution is -2.28. The molecule has 1 N–H and O–H groups in total. The number of aryl methyl sites for hydroxylation is 1. The highest BCUT2D eigenvalue weighted by atomic mass is 16.2. The standard InChI is InChI=1S/C13H19N3O/c1-9-11(6-7-13(14-3)15-9)12-5-4-8-16(12)10(2)17/h6-7,12H,4-5,8H2,1-3H3,(H,14,15)/t12-/m0/s1. The molecule has 0 aliphatic carbocycles. The molecule has 2 rings (SSSR count). The molecule has 1 aliphatic heterocycles. The molecule has 1 saturated heterocycles. The van der Waals surface area contributed by atoms with Gasteiger partial charge in [0.2, 0.25) is 5.91 Å². The highest BCUT2D eigenvalue weighted by Gasteiger charge is 2.29. The van der Waals surface area contributed by atoms with Crippen molar-refractivity contribution in [3.05, 3.63) is 23.4 Å². The Balaban J connectivity index is 2.30. The third-order valence-corrected chi connectivity index (χ3v) is 3.40. The van der Waals surface area contributed by atoms with Gasteiger partial charge in [-0.2, -0.15) is 0 Å². The first-order chi connectivity index (χ1) is 8.13. The van der Waals surface area contributed by atoms with Crippen molar-refractivity contribution >= 4 is 11.7 Å². The average Bonchev–Trinajstić information content (AvgIpc) is 2.77. The minimum Gasteiger partial charge on any atom is -0.373 e. The molecular weight excluding hydrogens is 214 g/mol. The second-order valence-corrected chi connectivity index (χ2v) is 4.49. The Morgan fingerprint density at radius 1 is 1.53 bits per heavy atom. The smallest absolute Gasteiger partial charge is 0.219 e. The Bertz CT molecular complexity index is 431. The molecule has 2 heterocycles. The molecule has 0 unspecified atom stereocenters. The van der Waals surface area contributed by atoms with Crippen molar-refractivity contribution in [2.24, 2.45) is 0 Å². The van der Waals surface area contributed by atoms with Crippen molar-refractivity contribution in [2.45, 2.75) is 32.7 Å². The van der Waals surface area contributed by atoms with E-state index in [0.29, 0.717) is 0 Å². The number of rotatable bonds is 2. The second kappa shape index (κ2) is 4.73. The summed E-state index contributed by atoms with van der Waals surface area (Å²) < 4.78 is 0. The van der Waals surface area contributed by atoms with Crippen molar-refractivity contribution < 1.29 is 4.79 Å². The number of nitrogens with zero attached hydrogens (tertiary/aromatic N) is 2. The number of hydrogen-bond acceptors (Lipinski definition) is 3. The fraction of sp³-hybridized carbons (Fsp3) is 0.538. The van der Waals surface area contributed by atoms with Crippen LogP contribution in [0.25, 0.3) is 0 Å². The Kier molecular flexibility index (Phi) is 3.31. The van der Waals surface area contributed by atoms with Crippen LogP contribution in [0.1, 0.15) is 37.1 Å². The lowest BCUT2D eigenvalue weighted by atomic mass is 10.0.